The zero-order chi connectivity index (χ0) is 104. The van der Waals surface area contributed by atoms with Crippen LogP contribution in [0.4, 0.5) is 70.2 Å². The molecule has 0 aliphatic heterocycles. The molecule has 760 valence electrons. The summed E-state index contributed by atoms with van der Waals surface area (Å²) in [5.41, 5.74) is 3.80. The van der Waals surface area contributed by atoms with Gasteiger partial charge in [-0.15, -0.1) is 15.3 Å². The fourth-order valence-corrected chi connectivity index (χ4v) is 15.0. The highest BCUT2D eigenvalue weighted by atomic mass is 19.4. The van der Waals surface area contributed by atoms with E-state index in [0.717, 1.165) is 136 Å². The molecule has 8 heterocycles. The van der Waals surface area contributed by atoms with Gasteiger partial charge in [-0.25, -0.2) is 28.4 Å². The van der Waals surface area contributed by atoms with Crippen LogP contribution in [0, 0.1) is 0 Å². The maximum Gasteiger partial charge on any atom is 0.416 e. The number of benzene rings is 7. The molecule has 0 spiro atoms. The lowest BCUT2D eigenvalue weighted by Crippen LogP contribution is -2.14. The van der Waals surface area contributed by atoms with Gasteiger partial charge in [0.05, 0.1) is 70.6 Å². The summed E-state index contributed by atoms with van der Waals surface area (Å²) in [6.07, 6.45) is -2.75. The Hall–Kier alpha value is -15.2. The van der Waals surface area contributed by atoms with Crippen molar-refractivity contribution in [2.45, 2.75) is 207 Å². The second-order valence-electron chi connectivity index (χ2n) is 33.7. The van der Waals surface area contributed by atoms with Gasteiger partial charge in [-0.05, 0) is 155 Å². The lowest BCUT2D eigenvalue weighted by Gasteiger charge is -2.13. The van der Waals surface area contributed by atoms with Crippen LogP contribution in [0.15, 0.2) is 252 Å². The van der Waals surface area contributed by atoms with Gasteiger partial charge in [0.25, 0.3) is 0 Å². The SMILES string of the molecule is CCCCc1cc(-c2ccc(CC(=O)Cc3ccccc3C(F)(F)F)cn2)no1.CCCCc1cn(-c2ccc(CC(=O)Cc3ccccc3C(F)(F)F)cc2OC)nn1.CCCCc1cn(-c2ccc(CC(=O)Cc3ccccc3C(F)(F)F)cn2)nn1.CCCCc1nc(-c2ccc(CC(=O)Cc3ccccc3C(F)(F)F)cc2)no1.O=C(Cc1ccc(-n2cc(CF)nn2)nc1)Cc1ccccc1C(F)(F)F. The van der Waals surface area contributed by atoms with Crippen molar-refractivity contribution >= 4 is 28.9 Å². The van der Waals surface area contributed by atoms with Gasteiger partial charge in [-0.1, -0.05) is 219 Å². The summed E-state index contributed by atoms with van der Waals surface area (Å²) in [4.78, 5) is 78.6. The van der Waals surface area contributed by atoms with Crippen LogP contribution in [0.1, 0.15) is 191 Å². The van der Waals surface area contributed by atoms with E-state index in [9.17, 15) is 94.2 Å². The molecule has 23 nitrogen and oxygen atoms in total. The Labute approximate surface area is 823 Å². The first-order valence-corrected chi connectivity index (χ1v) is 46.3. The number of carbonyl (C=O) groups excluding carboxylic acids is 5. The van der Waals surface area contributed by atoms with Crippen molar-refractivity contribution in [3.8, 4) is 45.8 Å². The first-order valence-electron chi connectivity index (χ1n) is 46.3. The Balaban J connectivity index is 0.000000173. The average molecular weight is 2020 g/mol. The number of hydrogen-bond acceptors (Lipinski definition) is 20. The molecule has 0 aliphatic rings. The molecule has 8 aromatic heterocycles. The molecule has 0 aliphatic carbocycles. The van der Waals surface area contributed by atoms with Gasteiger partial charge >= 0.3 is 30.9 Å². The molecule has 0 atom stereocenters. The highest BCUT2D eigenvalue weighted by molar-refractivity contribution is 5.86. The van der Waals surface area contributed by atoms with Crippen LogP contribution >= 0.6 is 0 Å². The van der Waals surface area contributed by atoms with E-state index in [0.29, 0.717) is 68.4 Å². The van der Waals surface area contributed by atoms with E-state index in [1.54, 1.807) is 94.4 Å². The van der Waals surface area contributed by atoms with Crippen LogP contribution in [0.3, 0.4) is 0 Å². The summed E-state index contributed by atoms with van der Waals surface area (Å²) in [6, 6.07) is 49.9. The summed E-state index contributed by atoms with van der Waals surface area (Å²) >= 11 is 0. The molecule has 0 radical (unpaired) electrons. The number of alkyl halides is 16. The lowest BCUT2D eigenvalue weighted by atomic mass is 9.98. The summed E-state index contributed by atoms with van der Waals surface area (Å²) < 4.78 is 229. The Kier molecular flexibility index (Phi) is 39.6. The highest BCUT2D eigenvalue weighted by Crippen LogP contribution is 2.38. The van der Waals surface area contributed by atoms with Crippen LogP contribution in [-0.4, -0.2) is 111 Å². The Morgan fingerprint density at radius 2 is 0.683 bits per heavy atom. The minimum atomic E-state index is -4.50. The van der Waals surface area contributed by atoms with Crippen molar-refractivity contribution in [2.75, 3.05) is 7.11 Å². The predicted octanol–water partition coefficient (Wildman–Crippen LogP) is 23.8. The molecule has 0 saturated carbocycles. The molecule has 39 heteroatoms. The van der Waals surface area contributed by atoms with Gasteiger partial charge < -0.3 is 13.8 Å². The molecule has 7 aromatic carbocycles. The van der Waals surface area contributed by atoms with Gasteiger partial charge in [0, 0.05) is 107 Å². The Morgan fingerprint density at radius 1 is 0.338 bits per heavy atom. The number of carbonyl (C=O) groups is 5. The number of aryl methyl sites for hydroxylation is 4. The zero-order valence-corrected chi connectivity index (χ0v) is 79.4. The van der Waals surface area contributed by atoms with E-state index >= 15 is 0 Å². The number of aromatic nitrogens is 15. The summed E-state index contributed by atoms with van der Waals surface area (Å²) in [7, 11) is 1.51. The van der Waals surface area contributed by atoms with Crippen LogP contribution < -0.4 is 4.74 Å². The largest absolute Gasteiger partial charge is 0.494 e. The molecular weight excluding hydrogens is 1920 g/mol. The number of methoxy groups -OCH3 is 1. The van der Waals surface area contributed by atoms with E-state index in [1.165, 1.54) is 121 Å². The number of pyridine rings is 3. The highest BCUT2D eigenvalue weighted by Gasteiger charge is 2.38. The molecule has 15 rings (SSSR count). The molecule has 0 amide bonds. The minimum absolute atomic E-state index is 0.00192. The van der Waals surface area contributed by atoms with Crippen molar-refractivity contribution in [2.24, 2.45) is 0 Å². The van der Waals surface area contributed by atoms with Crippen molar-refractivity contribution in [1.29, 1.82) is 0 Å². The minimum Gasteiger partial charge on any atom is -0.494 e. The fraction of sp³-hybridized carbons (Fsp3) is 0.311. The number of unbranched alkanes of at least 4 members (excludes halogenated alkanes) is 4. The maximum atomic E-state index is 13.2. The number of nitrogens with zero attached hydrogens (tertiary/aromatic N) is 15. The quantitative estimate of drug-likeness (QED) is 0.0323. The van der Waals surface area contributed by atoms with Gasteiger partial charge in [0.2, 0.25) is 11.7 Å². The molecule has 0 fully saturated rings. The van der Waals surface area contributed by atoms with E-state index in [4.69, 9.17) is 13.8 Å². The number of hydrogen-bond donors (Lipinski definition) is 0. The van der Waals surface area contributed by atoms with Crippen LogP contribution in [0.5, 0.6) is 5.75 Å². The summed E-state index contributed by atoms with van der Waals surface area (Å²) in [5.74, 6) is 1.77. The van der Waals surface area contributed by atoms with Crippen molar-refractivity contribution in [3.63, 3.8) is 0 Å². The normalized spacial score (nSPS) is 11.6. The van der Waals surface area contributed by atoms with E-state index < -0.39 is 65.4 Å². The third-order valence-corrected chi connectivity index (χ3v) is 22.3. The van der Waals surface area contributed by atoms with Crippen molar-refractivity contribution in [3.05, 3.63) is 356 Å². The van der Waals surface area contributed by atoms with Gasteiger partial charge in [-0.2, -0.15) is 70.8 Å². The second-order valence-corrected chi connectivity index (χ2v) is 33.7. The first-order chi connectivity index (χ1) is 69.3. The van der Waals surface area contributed by atoms with Gasteiger partial charge in [-0.3, -0.25) is 29.0 Å². The van der Waals surface area contributed by atoms with Gasteiger partial charge in [0.1, 0.15) is 64.2 Å². The number of ether oxygens (including phenoxy) is 1. The van der Waals surface area contributed by atoms with E-state index in [2.05, 4.69) is 88.9 Å². The van der Waals surface area contributed by atoms with E-state index in [-0.39, 0.29) is 127 Å². The van der Waals surface area contributed by atoms with Crippen LogP contribution in [0.2, 0.25) is 0 Å². The Bertz CT molecular complexity index is 6350. The molecule has 15 aromatic rings. The topological polar surface area (TPSA) is 290 Å². The first kappa shape index (κ1) is 110. The molecular formula is C106H101F16N15O8. The number of Topliss-reactive ketones (excluding diaryl/α,β-unsaturated/α-hetero) is 5. The van der Waals surface area contributed by atoms with Gasteiger partial charge in [0.15, 0.2) is 11.6 Å². The third-order valence-electron chi connectivity index (χ3n) is 22.3. The molecule has 0 saturated heterocycles. The fourth-order valence-electron chi connectivity index (χ4n) is 15.0. The standard InChI is InChI=1S/C23H24F3N3O2.2C22H21F3N2O2.C21H21F3N4O.C18H14F4N4O/c1-3-4-8-18-15-29(28-27-18)21-11-10-16(13-22(21)31-2)12-19(30)14-17-7-5-6-9-20(17)23(24,25)26;1-2-3-8-20-26-21(27-29-20)16-11-9-15(10-12-16)13-18(28)14-17-6-4-5-7-19(17)22(23,24)25;1-2-3-7-18-13-21(27-29-18)20-10-9-15(14-26-20)11-17(28)12-16-6-4-5-8-19(16)22(23,24)25;1-2-3-7-17-14-28(27-26-17)20-10-9-15(13-25-20)11-18(29)12-16-6-4-5-8-19(16)21(22,23)24;19-9-14-11-26(25-24-14)17-6-5-12(10-23-17)7-15(27)8-13-3-1-2-4-16(13)18(20,21)22/h5-7,9-11,13,15H,3-4,8,12,14H2,1-2H3;4-7,9-12H,2-3,8,13-14H2,1H3;2*4-6,8-10,13-14H,2-3,7,11-12H2,1H3;1-6,10-11H,7-9H2. The van der Waals surface area contributed by atoms with Crippen LogP contribution in [-0.2, 0) is 151 Å². The second kappa shape index (κ2) is 52.2. The summed E-state index contributed by atoms with van der Waals surface area (Å²) in [6.45, 7) is 7.65. The third kappa shape index (κ3) is 33.7. The number of rotatable bonds is 39. The maximum absolute atomic E-state index is 13.2. The molecule has 0 N–H and O–H groups in total. The van der Waals surface area contributed by atoms with Crippen LogP contribution in [0.25, 0.3) is 40.1 Å². The zero-order valence-electron chi connectivity index (χ0n) is 79.4. The molecule has 0 unspecified atom stereocenters. The molecule has 0 bridgehead atoms. The average Bonchev–Trinajstić information content (AvgIpc) is 1.22. The number of ketones is 5. The monoisotopic (exact) mass is 2020 g/mol. The molecule has 145 heavy (non-hydrogen) atoms. The predicted molar refractivity (Wildman–Crippen MR) is 504 cm³/mol. The Morgan fingerprint density at radius 3 is 1.06 bits per heavy atom. The lowest BCUT2D eigenvalue weighted by molar-refractivity contribution is -0.139. The summed E-state index contributed by atoms with van der Waals surface area (Å²) in [5, 5.41) is 31.8. The smallest absolute Gasteiger partial charge is 0.416 e. The van der Waals surface area contributed by atoms with Crippen molar-refractivity contribution < 1.29 is 108 Å². The van der Waals surface area contributed by atoms with Crippen molar-refractivity contribution in [1.82, 2.24) is 75.2 Å². The number of halogens is 16. The van der Waals surface area contributed by atoms with E-state index in [1.807, 2.05) is 18.5 Å².